The maximum absolute atomic E-state index is 13.8. The van der Waals surface area contributed by atoms with Gasteiger partial charge in [0.15, 0.2) is 5.89 Å². The van der Waals surface area contributed by atoms with E-state index in [0.29, 0.717) is 48.0 Å². The molecule has 1 aliphatic heterocycles. The van der Waals surface area contributed by atoms with Gasteiger partial charge < -0.3 is 13.9 Å². The zero-order valence-corrected chi connectivity index (χ0v) is 18.3. The SMILES string of the molecule is Cc1nc2c(o1)CN(C(=O)Cn1cc(-c3ccc(F)c(C)c3)nc1-c1ccc(F)cc1)CC2. The number of aryl methyl sites for hydroxylation is 2. The number of fused-ring (bicyclic) bond motifs is 1. The zero-order chi connectivity index (χ0) is 23.1. The van der Waals surface area contributed by atoms with E-state index in [2.05, 4.69) is 4.98 Å². The molecule has 0 saturated heterocycles. The van der Waals surface area contributed by atoms with Gasteiger partial charge in [-0.1, -0.05) is 0 Å². The Hall–Kier alpha value is -3.81. The molecule has 2 aromatic heterocycles. The monoisotopic (exact) mass is 448 g/mol. The molecule has 4 aromatic rings. The summed E-state index contributed by atoms with van der Waals surface area (Å²) >= 11 is 0. The fourth-order valence-electron chi connectivity index (χ4n) is 4.09. The molecular formula is C25H22F2N4O2. The highest BCUT2D eigenvalue weighted by atomic mass is 19.1. The Labute approximate surface area is 189 Å². The third-order valence-electron chi connectivity index (χ3n) is 5.83. The van der Waals surface area contributed by atoms with Crippen molar-refractivity contribution in [3.8, 4) is 22.6 Å². The molecule has 1 amide bonds. The van der Waals surface area contributed by atoms with Crippen LogP contribution in [0.3, 0.4) is 0 Å². The first-order chi connectivity index (χ1) is 15.9. The minimum atomic E-state index is -0.353. The zero-order valence-electron chi connectivity index (χ0n) is 18.3. The third-order valence-corrected chi connectivity index (χ3v) is 5.83. The summed E-state index contributed by atoms with van der Waals surface area (Å²) in [7, 11) is 0. The van der Waals surface area contributed by atoms with Gasteiger partial charge in [0.2, 0.25) is 5.91 Å². The average molecular weight is 448 g/mol. The number of imidazole rings is 1. The van der Waals surface area contributed by atoms with Crippen molar-refractivity contribution >= 4 is 5.91 Å². The van der Waals surface area contributed by atoms with Gasteiger partial charge in [-0.25, -0.2) is 18.7 Å². The van der Waals surface area contributed by atoms with Crippen molar-refractivity contribution in [2.45, 2.75) is 33.4 Å². The van der Waals surface area contributed by atoms with Crippen LogP contribution in [0.4, 0.5) is 8.78 Å². The van der Waals surface area contributed by atoms with Crippen LogP contribution in [-0.2, 0) is 24.3 Å². The van der Waals surface area contributed by atoms with Gasteiger partial charge in [-0.2, -0.15) is 0 Å². The second-order valence-electron chi connectivity index (χ2n) is 8.22. The van der Waals surface area contributed by atoms with E-state index in [1.807, 2.05) is 0 Å². The predicted molar refractivity (Wildman–Crippen MR) is 118 cm³/mol. The van der Waals surface area contributed by atoms with Gasteiger partial charge in [0.05, 0.1) is 17.9 Å². The molecule has 0 atom stereocenters. The lowest BCUT2D eigenvalue weighted by molar-refractivity contribution is -0.133. The predicted octanol–water partition coefficient (Wildman–Crippen LogP) is 4.69. The lowest BCUT2D eigenvalue weighted by Gasteiger charge is -2.25. The van der Waals surface area contributed by atoms with Crippen LogP contribution in [0.2, 0.25) is 0 Å². The van der Waals surface area contributed by atoms with E-state index >= 15 is 0 Å². The van der Waals surface area contributed by atoms with E-state index in [9.17, 15) is 13.6 Å². The first-order valence-corrected chi connectivity index (χ1v) is 10.7. The Morgan fingerprint density at radius 2 is 1.82 bits per heavy atom. The van der Waals surface area contributed by atoms with Crippen LogP contribution in [-0.4, -0.2) is 31.9 Å². The lowest BCUT2D eigenvalue weighted by atomic mass is 10.1. The minimum absolute atomic E-state index is 0.0579. The number of hydrogen-bond donors (Lipinski definition) is 0. The summed E-state index contributed by atoms with van der Waals surface area (Å²) in [4.78, 5) is 24.0. The van der Waals surface area contributed by atoms with E-state index < -0.39 is 0 Å². The summed E-state index contributed by atoms with van der Waals surface area (Å²) in [6.45, 7) is 4.48. The molecule has 0 N–H and O–H groups in total. The molecule has 8 heteroatoms. The molecule has 168 valence electrons. The van der Waals surface area contributed by atoms with Gasteiger partial charge in [0, 0.05) is 37.2 Å². The molecule has 3 heterocycles. The fourth-order valence-corrected chi connectivity index (χ4v) is 4.09. The van der Waals surface area contributed by atoms with Crippen molar-refractivity contribution in [1.82, 2.24) is 19.4 Å². The van der Waals surface area contributed by atoms with Gasteiger partial charge >= 0.3 is 0 Å². The van der Waals surface area contributed by atoms with Gasteiger partial charge in [0.1, 0.15) is 29.8 Å². The van der Waals surface area contributed by atoms with Crippen molar-refractivity contribution in [3.05, 3.63) is 83.2 Å². The first kappa shape index (κ1) is 21.1. The van der Waals surface area contributed by atoms with E-state index in [1.54, 1.807) is 53.8 Å². The molecule has 6 nitrogen and oxygen atoms in total. The quantitative estimate of drug-likeness (QED) is 0.455. The average Bonchev–Trinajstić information content (AvgIpc) is 3.38. The highest BCUT2D eigenvalue weighted by Crippen LogP contribution is 2.27. The maximum Gasteiger partial charge on any atom is 0.242 e. The van der Waals surface area contributed by atoms with Gasteiger partial charge in [-0.3, -0.25) is 4.79 Å². The van der Waals surface area contributed by atoms with Crippen molar-refractivity contribution in [2.24, 2.45) is 0 Å². The topological polar surface area (TPSA) is 64.2 Å². The van der Waals surface area contributed by atoms with Gasteiger partial charge in [0.25, 0.3) is 0 Å². The molecule has 0 fully saturated rings. The van der Waals surface area contributed by atoms with Crippen molar-refractivity contribution in [1.29, 1.82) is 0 Å². The van der Waals surface area contributed by atoms with E-state index in [0.717, 1.165) is 17.0 Å². The van der Waals surface area contributed by atoms with Crippen molar-refractivity contribution in [2.75, 3.05) is 6.54 Å². The Morgan fingerprint density at radius 1 is 1.06 bits per heavy atom. The number of halogens is 2. The minimum Gasteiger partial charge on any atom is -0.444 e. The van der Waals surface area contributed by atoms with Gasteiger partial charge in [-0.05, 0) is 55.0 Å². The fraction of sp³-hybridized carbons (Fsp3) is 0.240. The number of benzene rings is 2. The number of amides is 1. The summed E-state index contributed by atoms with van der Waals surface area (Å²) in [5, 5.41) is 0. The highest BCUT2D eigenvalue weighted by molar-refractivity contribution is 5.77. The number of nitrogens with zero attached hydrogens (tertiary/aromatic N) is 4. The molecule has 33 heavy (non-hydrogen) atoms. The van der Waals surface area contributed by atoms with E-state index in [4.69, 9.17) is 9.40 Å². The molecule has 5 rings (SSSR count). The number of carbonyl (C=O) groups is 1. The van der Waals surface area contributed by atoms with Crippen LogP contribution in [0.25, 0.3) is 22.6 Å². The number of aromatic nitrogens is 3. The molecule has 0 aliphatic carbocycles. The van der Waals surface area contributed by atoms with Crippen molar-refractivity contribution in [3.63, 3.8) is 0 Å². The Kier molecular flexibility index (Phi) is 5.28. The Bertz CT molecular complexity index is 1340. The number of oxazole rings is 1. The normalized spacial score (nSPS) is 13.3. The van der Waals surface area contributed by atoms with Crippen LogP contribution >= 0.6 is 0 Å². The third kappa shape index (κ3) is 4.16. The standard InChI is InChI=1S/C25H22F2N4O2/c1-15-11-18(5-8-20(15)27)22-12-31(25(29-22)17-3-6-19(26)7-4-17)14-24(32)30-10-9-21-23(13-30)33-16(2)28-21/h3-8,11-12H,9-10,13-14H2,1-2H3. The summed E-state index contributed by atoms with van der Waals surface area (Å²) < 4.78 is 34.6. The smallest absolute Gasteiger partial charge is 0.242 e. The summed E-state index contributed by atoms with van der Waals surface area (Å²) in [6, 6.07) is 10.7. The molecule has 0 spiro atoms. The van der Waals surface area contributed by atoms with Crippen LogP contribution < -0.4 is 0 Å². The van der Waals surface area contributed by atoms with Gasteiger partial charge in [-0.15, -0.1) is 0 Å². The Balaban J connectivity index is 1.47. The van der Waals surface area contributed by atoms with Crippen molar-refractivity contribution < 1.29 is 18.0 Å². The largest absolute Gasteiger partial charge is 0.444 e. The molecule has 0 saturated carbocycles. The summed E-state index contributed by atoms with van der Waals surface area (Å²) in [5.74, 6) is 1.12. The molecule has 0 radical (unpaired) electrons. The maximum atomic E-state index is 13.8. The van der Waals surface area contributed by atoms with Crippen LogP contribution in [0, 0.1) is 25.5 Å². The van der Waals surface area contributed by atoms with Crippen LogP contribution in [0.1, 0.15) is 22.9 Å². The number of carbonyl (C=O) groups excluding carboxylic acids is 1. The molecule has 2 aromatic carbocycles. The Morgan fingerprint density at radius 3 is 2.58 bits per heavy atom. The van der Waals surface area contributed by atoms with E-state index in [-0.39, 0.29) is 24.1 Å². The lowest BCUT2D eigenvalue weighted by Crippen LogP contribution is -2.37. The summed E-state index contributed by atoms with van der Waals surface area (Å²) in [6.07, 6.45) is 2.42. The summed E-state index contributed by atoms with van der Waals surface area (Å²) in [5.41, 5.74) is 3.44. The highest BCUT2D eigenvalue weighted by Gasteiger charge is 2.26. The second-order valence-corrected chi connectivity index (χ2v) is 8.22. The molecular weight excluding hydrogens is 426 g/mol. The number of hydrogen-bond acceptors (Lipinski definition) is 4. The second kappa shape index (κ2) is 8.27. The molecule has 0 unspecified atom stereocenters. The molecule has 0 bridgehead atoms. The number of rotatable bonds is 4. The van der Waals surface area contributed by atoms with Crippen LogP contribution in [0.15, 0.2) is 53.1 Å². The molecule has 1 aliphatic rings. The van der Waals surface area contributed by atoms with Crippen LogP contribution in [0.5, 0.6) is 0 Å². The van der Waals surface area contributed by atoms with E-state index in [1.165, 1.54) is 18.2 Å². The first-order valence-electron chi connectivity index (χ1n) is 10.7.